The van der Waals surface area contributed by atoms with Crippen molar-refractivity contribution in [2.45, 2.75) is 33.8 Å². The van der Waals surface area contributed by atoms with Gasteiger partial charge in [-0.05, 0) is 50.1 Å². The molecule has 14 nitrogen and oxygen atoms in total. The Labute approximate surface area is 319 Å². The summed E-state index contributed by atoms with van der Waals surface area (Å²) in [4.78, 5) is 17.7. The minimum Gasteiger partial charge on any atom is -0.489 e. The average molecular weight is 754 g/mol. The second kappa shape index (κ2) is 21.3. The standard InChI is InChI=1S/C40H59N5O9/c1-7-43(8-2)32-10-9-31-25-34(40(46)54-37(31)26-32)35-28-45(42(5)41-35)33-11-12-36(38(27-33)52-23-17-47-6)44-13-15-48-18-19-50-22-24-53-39(30(3)4)29-51-21-20-49-16-14-44/h9-12,25-28,30,39,41H,7-8,13-24,29H2,1-6H3. The molecular weight excluding hydrogens is 694 g/mol. The zero-order valence-corrected chi connectivity index (χ0v) is 32.8. The van der Waals surface area contributed by atoms with Gasteiger partial charge in [-0.15, -0.1) is 5.12 Å². The van der Waals surface area contributed by atoms with Crippen molar-refractivity contribution in [2.75, 3.05) is 128 Å². The predicted octanol–water partition coefficient (Wildman–Crippen LogP) is 4.76. The molecule has 1 atom stereocenters. The number of fused-ring (bicyclic) bond motifs is 1. The lowest BCUT2D eigenvalue weighted by atomic mass is 10.1. The fraction of sp³-hybridized carbons (Fsp3) is 0.575. The molecule has 2 aliphatic rings. The fourth-order valence-corrected chi connectivity index (χ4v) is 6.31. The number of rotatable bonds is 11. The van der Waals surface area contributed by atoms with Gasteiger partial charge in [0.25, 0.3) is 0 Å². The van der Waals surface area contributed by atoms with E-state index in [9.17, 15) is 4.79 Å². The Morgan fingerprint density at radius 3 is 2.28 bits per heavy atom. The monoisotopic (exact) mass is 753 g/mol. The van der Waals surface area contributed by atoms with Gasteiger partial charge in [-0.1, -0.05) is 13.8 Å². The smallest absolute Gasteiger partial charge is 0.345 e. The van der Waals surface area contributed by atoms with Crippen LogP contribution in [0.1, 0.15) is 33.3 Å². The van der Waals surface area contributed by atoms with Crippen molar-refractivity contribution in [3.05, 3.63) is 64.6 Å². The molecule has 0 amide bonds. The third kappa shape index (κ3) is 11.3. The number of methoxy groups -OCH3 is 1. The van der Waals surface area contributed by atoms with Crippen LogP contribution < -0.4 is 30.6 Å². The fourth-order valence-electron chi connectivity index (χ4n) is 6.31. The molecule has 5 rings (SSSR count). The van der Waals surface area contributed by atoms with E-state index in [0.29, 0.717) is 114 Å². The Kier molecular flexibility index (Phi) is 16.3. The Morgan fingerprint density at radius 1 is 0.870 bits per heavy atom. The summed E-state index contributed by atoms with van der Waals surface area (Å²) >= 11 is 0. The number of anilines is 3. The van der Waals surface area contributed by atoms with Gasteiger partial charge in [0.15, 0.2) is 0 Å². The lowest BCUT2D eigenvalue weighted by Gasteiger charge is -2.29. The normalized spacial score (nSPS) is 19.0. The highest BCUT2D eigenvalue weighted by atomic mass is 16.6. The van der Waals surface area contributed by atoms with Gasteiger partial charge >= 0.3 is 5.63 Å². The highest BCUT2D eigenvalue weighted by molar-refractivity contribution is 5.84. The summed E-state index contributed by atoms with van der Waals surface area (Å²) in [6.07, 6.45) is 1.88. The predicted molar refractivity (Wildman–Crippen MR) is 211 cm³/mol. The third-order valence-electron chi connectivity index (χ3n) is 9.43. The highest BCUT2D eigenvalue weighted by Crippen LogP contribution is 2.35. The van der Waals surface area contributed by atoms with Gasteiger partial charge in [0.1, 0.15) is 17.9 Å². The largest absolute Gasteiger partial charge is 0.489 e. The van der Waals surface area contributed by atoms with Crippen LogP contribution in [0.3, 0.4) is 0 Å². The van der Waals surface area contributed by atoms with Crippen molar-refractivity contribution in [3.63, 3.8) is 0 Å². The van der Waals surface area contributed by atoms with E-state index < -0.39 is 5.63 Å². The Balaban J connectivity index is 1.34. The van der Waals surface area contributed by atoms with Crippen LogP contribution in [-0.4, -0.2) is 124 Å². The molecular formula is C40H59N5O9. The number of nitrogens with zero attached hydrogens (tertiary/aromatic N) is 4. The maximum atomic E-state index is 13.3. The van der Waals surface area contributed by atoms with Crippen molar-refractivity contribution in [1.29, 1.82) is 0 Å². The molecule has 1 saturated heterocycles. The first-order valence-electron chi connectivity index (χ1n) is 19.1. The van der Waals surface area contributed by atoms with Crippen molar-refractivity contribution >= 4 is 33.7 Å². The molecule has 0 radical (unpaired) electrons. The van der Waals surface area contributed by atoms with Gasteiger partial charge in [-0.3, -0.25) is 10.4 Å². The zero-order valence-electron chi connectivity index (χ0n) is 32.8. The summed E-state index contributed by atoms with van der Waals surface area (Å²) in [5.41, 5.74) is 7.27. The second-order valence-corrected chi connectivity index (χ2v) is 13.4. The van der Waals surface area contributed by atoms with E-state index in [4.69, 9.17) is 37.6 Å². The van der Waals surface area contributed by atoms with Gasteiger partial charge in [0, 0.05) is 69.7 Å². The molecule has 1 aromatic heterocycles. The quantitative estimate of drug-likeness (QED) is 0.214. The molecule has 0 aliphatic carbocycles. The number of benzene rings is 2. The minimum absolute atomic E-state index is 0.00161. The SMILES string of the molecule is CCN(CC)c1ccc2cc(C3=CN(c4ccc(N5CCOCCOCCOC(C(C)C)COCCOCC5)c(OCCOC)c4)N(C)N3)c(=O)oc2c1. The first-order valence-corrected chi connectivity index (χ1v) is 19.1. The van der Waals surface area contributed by atoms with E-state index in [-0.39, 0.29) is 6.10 Å². The molecule has 1 N–H and O–H groups in total. The lowest BCUT2D eigenvalue weighted by molar-refractivity contribution is -0.0676. The van der Waals surface area contributed by atoms with Crippen molar-refractivity contribution in [3.8, 4) is 5.75 Å². The molecule has 0 saturated carbocycles. The maximum absolute atomic E-state index is 13.3. The van der Waals surface area contributed by atoms with Crippen LogP contribution in [0.4, 0.5) is 17.1 Å². The van der Waals surface area contributed by atoms with Crippen LogP contribution in [0.15, 0.2) is 57.9 Å². The number of hydrogen-bond donors (Lipinski definition) is 1. The van der Waals surface area contributed by atoms with Gasteiger partial charge in [0.2, 0.25) is 0 Å². The number of nitrogens with one attached hydrogen (secondary N) is 1. The summed E-state index contributed by atoms with van der Waals surface area (Å²) in [5.74, 6) is 1.01. The van der Waals surface area contributed by atoms with E-state index >= 15 is 0 Å². The van der Waals surface area contributed by atoms with E-state index in [2.05, 4.69) is 49.0 Å². The van der Waals surface area contributed by atoms with Crippen LogP contribution in [0.5, 0.6) is 5.75 Å². The van der Waals surface area contributed by atoms with Crippen molar-refractivity contribution in [1.82, 2.24) is 10.5 Å². The average Bonchev–Trinajstić information content (AvgIpc) is 3.55. The summed E-state index contributed by atoms with van der Waals surface area (Å²) in [6.45, 7) is 16.7. The first-order chi connectivity index (χ1) is 26.3. The summed E-state index contributed by atoms with van der Waals surface area (Å²) in [6, 6.07) is 13.9. The van der Waals surface area contributed by atoms with Gasteiger partial charge < -0.3 is 47.4 Å². The van der Waals surface area contributed by atoms with Gasteiger partial charge in [-0.2, -0.15) is 0 Å². The van der Waals surface area contributed by atoms with E-state index in [1.165, 1.54) is 0 Å². The third-order valence-corrected chi connectivity index (χ3v) is 9.43. The van der Waals surface area contributed by atoms with Crippen LogP contribution in [0, 0.1) is 5.92 Å². The van der Waals surface area contributed by atoms with Crippen molar-refractivity contribution < 1.29 is 37.6 Å². The zero-order chi connectivity index (χ0) is 38.3. The van der Waals surface area contributed by atoms with E-state index in [1.54, 1.807) is 7.11 Å². The molecule has 2 aromatic carbocycles. The molecule has 3 aromatic rings. The molecule has 0 bridgehead atoms. The van der Waals surface area contributed by atoms with Crippen LogP contribution in [0.2, 0.25) is 0 Å². The minimum atomic E-state index is -0.415. The highest BCUT2D eigenvalue weighted by Gasteiger charge is 2.25. The van der Waals surface area contributed by atoms with Crippen molar-refractivity contribution in [2.24, 2.45) is 5.92 Å². The molecule has 14 heteroatoms. The molecule has 2 aliphatic heterocycles. The first kappa shape index (κ1) is 41.3. The second-order valence-electron chi connectivity index (χ2n) is 13.4. The molecule has 1 fully saturated rings. The molecule has 0 spiro atoms. The molecule has 54 heavy (non-hydrogen) atoms. The molecule has 298 valence electrons. The Morgan fingerprint density at radius 2 is 1.57 bits per heavy atom. The number of hydrazine groups is 2. The summed E-state index contributed by atoms with van der Waals surface area (Å²) < 4.78 is 47.1. The van der Waals surface area contributed by atoms with Gasteiger partial charge in [0.05, 0.1) is 94.8 Å². The van der Waals surface area contributed by atoms with E-state index in [0.717, 1.165) is 35.5 Å². The molecule has 3 heterocycles. The molecule has 1 unspecified atom stereocenters. The Bertz CT molecular complexity index is 1680. The van der Waals surface area contributed by atoms with Crippen LogP contribution >= 0.6 is 0 Å². The number of ether oxygens (including phenoxy) is 7. The summed E-state index contributed by atoms with van der Waals surface area (Å²) in [7, 11) is 3.54. The number of hydrogen-bond acceptors (Lipinski definition) is 14. The van der Waals surface area contributed by atoms with E-state index in [1.807, 2.05) is 59.8 Å². The maximum Gasteiger partial charge on any atom is 0.345 e. The lowest BCUT2D eigenvalue weighted by Crippen LogP contribution is -2.39. The summed E-state index contributed by atoms with van der Waals surface area (Å²) in [5, 5.41) is 4.59. The Hall–Kier alpha value is -3.89. The topological polar surface area (TPSA) is 120 Å². The van der Waals surface area contributed by atoms with Crippen LogP contribution in [0.25, 0.3) is 16.7 Å². The van der Waals surface area contributed by atoms with Gasteiger partial charge in [-0.25, -0.2) is 4.79 Å². The van der Waals surface area contributed by atoms with Crippen LogP contribution in [-0.2, 0) is 28.4 Å².